The molecule has 2 saturated heterocycles. The first kappa shape index (κ1) is 21.9. The van der Waals surface area contributed by atoms with Gasteiger partial charge in [-0.2, -0.15) is 0 Å². The van der Waals surface area contributed by atoms with E-state index in [9.17, 15) is 24.3 Å². The van der Waals surface area contributed by atoms with Crippen molar-refractivity contribution in [3.05, 3.63) is 41.5 Å². The smallest absolute Gasteiger partial charge is 0.254 e. The van der Waals surface area contributed by atoms with Gasteiger partial charge in [-0.05, 0) is 36.5 Å². The first-order valence-electron chi connectivity index (χ1n) is 10.2. The van der Waals surface area contributed by atoms with Gasteiger partial charge in [-0.1, -0.05) is 39.7 Å². The molecule has 1 aromatic carbocycles. The number of phenolic OH excluding ortho intramolecular Hbond substituents is 1. The van der Waals surface area contributed by atoms with E-state index < -0.39 is 45.2 Å². The third-order valence-corrected chi connectivity index (χ3v) is 9.38. The van der Waals surface area contributed by atoms with E-state index in [-0.39, 0.29) is 29.4 Å². The first-order chi connectivity index (χ1) is 15.1. The van der Waals surface area contributed by atoms with E-state index in [0.29, 0.717) is 12.0 Å². The number of allylic oxidation sites excluding steroid dienone is 2. The Hall–Kier alpha value is -1.90. The molecule has 10 heteroatoms. The van der Waals surface area contributed by atoms with E-state index >= 15 is 0 Å². The van der Waals surface area contributed by atoms with Crippen molar-refractivity contribution in [2.24, 2.45) is 17.8 Å². The number of fused-ring (bicyclic) bond motifs is 4. The number of amides is 4. The van der Waals surface area contributed by atoms with Gasteiger partial charge in [0.15, 0.2) is 9.75 Å². The quantitative estimate of drug-likeness (QED) is 0.269. The van der Waals surface area contributed by atoms with E-state index in [4.69, 9.17) is 23.2 Å². The maximum absolute atomic E-state index is 13.5. The fourth-order valence-electron chi connectivity index (χ4n) is 5.95. The van der Waals surface area contributed by atoms with Crippen LogP contribution in [0.3, 0.4) is 0 Å². The van der Waals surface area contributed by atoms with Crippen molar-refractivity contribution < 1.29 is 24.3 Å². The minimum atomic E-state index is -1.82. The second-order valence-electron chi connectivity index (χ2n) is 8.81. The zero-order valence-electron chi connectivity index (χ0n) is 16.9. The number of nitrogens with zero attached hydrogens (tertiary/aromatic N) is 2. The Kier molecular flexibility index (Phi) is 4.83. The number of hydrogen-bond acceptors (Lipinski definition) is 5. The molecule has 7 nitrogen and oxygen atoms in total. The molecule has 1 aromatic rings. The highest BCUT2D eigenvalue weighted by molar-refractivity contribution is 9.09. The number of carbonyl (C=O) groups is 4. The molecule has 3 fully saturated rings. The van der Waals surface area contributed by atoms with Crippen LogP contribution in [-0.4, -0.2) is 60.8 Å². The molecule has 5 rings (SSSR count). The van der Waals surface area contributed by atoms with Gasteiger partial charge in [0.25, 0.3) is 11.8 Å². The zero-order valence-corrected chi connectivity index (χ0v) is 20.0. The molecule has 32 heavy (non-hydrogen) atoms. The maximum atomic E-state index is 13.5. The summed E-state index contributed by atoms with van der Waals surface area (Å²) in [7, 11) is 1.46. The molecule has 0 aromatic heterocycles. The first-order valence-corrected chi connectivity index (χ1v) is 12.1. The standard InChI is InChI=1S/C22H19BrCl2N2O5/c1-26-17(29)13-7-6-12-14(15(13)18(26)30)8-21(24)19(31)27(9-23)20(32)22(21,25)16(12)10-2-4-11(28)5-3-10/h2-6,13-16,28H,7-9H2,1H3. The van der Waals surface area contributed by atoms with Crippen LogP contribution < -0.4 is 0 Å². The molecule has 2 aliphatic heterocycles. The largest absolute Gasteiger partial charge is 0.508 e. The number of alkyl halides is 3. The summed E-state index contributed by atoms with van der Waals surface area (Å²) in [5, 5.41) is 9.78. The van der Waals surface area contributed by atoms with Gasteiger partial charge in [0.2, 0.25) is 11.8 Å². The highest BCUT2D eigenvalue weighted by Gasteiger charge is 2.76. The van der Waals surface area contributed by atoms with E-state index in [2.05, 4.69) is 15.9 Å². The minimum Gasteiger partial charge on any atom is -0.508 e. The van der Waals surface area contributed by atoms with Crippen molar-refractivity contribution in [3.63, 3.8) is 0 Å². The molecule has 168 valence electrons. The van der Waals surface area contributed by atoms with Crippen LogP contribution in [0.4, 0.5) is 0 Å². The second kappa shape index (κ2) is 7.05. The number of benzene rings is 1. The molecule has 1 saturated carbocycles. The van der Waals surface area contributed by atoms with E-state index in [1.165, 1.54) is 19.2 Å². The fourth-order valence-corrected chi connectivity index (χ4v) is 7.38. The van der Waals surface area contributed by atoms with Gasteiger partial charge in [-0.25, -0.2) is 0 Å². The number of hydrogen-bond donors (Lipinski definition) is 1. The molecule has 4 aliphatic rings. The molecule has 1 N–H and O–H groups in total. The third kappa shape index (κ3) is 2.49. The van der Waals surface area contributed by atoms with Crippen molar-refractivity contribution >= 4 is 62.8 Å². The average molecular weight is 542 g/mol. The van der Waals surface area contributed by atoms with E-state index in [0.717, 1.165) is 15.4 Å². The summed E-state index contributed by atoms with van der Waals surface area (Å²) in [5.41, 5.74) is 1.27. The minimum absolute atomic E-state index is 0.0272. The number of aromatic hydroxyl groups is 1. The molecule has 6 atom stereocenters. The van der Waals surface area contributed by atoms with Gasteiger partial charge in [0.1, 0.15) is 5.75 Å². The molecule has 2 aliphatic carbocycles. The lowest BCUT2D eigenvalue weighted by atomic mass is 9.56. The summed E-state index contributed by atoms with van der Waals surface area (Å²) in [5.74, 6) is -4.27. The molecule has 6 unspecified atom stereocenters. The molecule has 2 heterocycles. The maximum Gasteiger partial charge on any atom is 0.254 e. The fraction of sp³-hybridized carbons (Fsp3) is 0.455. The van der Waals surface area contributed by atoms with Crippen molar-refractivity contribution in [1.29, 1.82) is 0 Å². The number of halogens is 3. The Balaban J connectivity index is 1.74. The van der Waals surface area contributed by atoms with Crippen molar-refractivity contribution in [2.45, 2.75) is 28.5 Å². The molecular weight excluding hydrogens is 523 g/mol. The van der Waals surface area contributed by atoms with Crippen LogP contribution in [0.25, 0.3) is 0 Å². The van der Waals surface area contributed by atoms with Gasteiger partial charge in [-0.15, -0.1) is 23.2 Å². The predicted molar refractivity (Wildman–Crippen MR) is 119 cm³/mol. The summed E-state index contributed by atoms with van der Waals surface area (Å²) < 4.78 is 0. The average Bonchev–Trinajstić information content (AvgIpc) is 3.08. The third-order valence-electron chi connectivity index (χ3n) is 7.46. The van der Waals surface area contributed by atoms with Crippen LogP contribution in [-0.2, 0) is 19.2 Å². The number of likely N-dealkylation sites (tertiary alicyclic amines) is 2. The normalized spacial score (nSPS) is 38.6. The van der Waals surface area contributed by atoms with Crippen molar-refractivity contribution in [2.75, 3.05) is 12.5 Å². The van der Waals surface area contributed by atoms with Crippen LogP contribution in [0.5, 0.6) is 5.75 Å². The Morgan fingerprint density at radius 1 is 1.06 bits per heavy atom. The Bertz CT molecular complexity index is 1110. The van der Waals surface area contributed by atoms with Gasteiger partial charge in [-0.3, -0.25) is 29.0 Å². The lowest BCUT2D eigenvalue weighted by Crippen LogP contribution is -2.60. The summed E-state index contributed by atoms with van der Waals surface area (Å²) in [6.45, 7) is 0. The Morgan fingerprint density at radius 3 is 2.34 bits per heavy atom. The zero-order chi connectivity index (χ0) is 23.2. The topological polar surface area (TPSA) is 95.0 Å². The van der Waals surface area contributed by atoms with Gasteiger partial charge in [0, 0.05) is 13.0 Å². The highest BCUT2D eigenvalue weighted by atomic mass is 79.9. The van der Waals surface area contributed by atoms with Crippen LogP contribution in [0.2, 0.25) is 0 Å². The summed E-state index contributed by atoms with van der Waals surface area (Å²) in [4.78, 5) is 51.0. The highest BCUT2D eigenvalue weighted by Crippen LogP contribution is 2.65. The van der Waals surface area contributed by atoms with Crippen LogP contribution >= 0.6 is 39.1 Å². The number of phenols is 1. The SMILES string of the molecule is CN1C(=O)C2CC=C3C(CC4(Cl)C(=O)N(CBr)C(=O)C4(Cl)C3c3ccc(O)cc3)C2C1=O. The molecule has 0 bridgehead atoms. The van der Waals surface area contributed by atoms with Crippen LogP contribution in [0.1, 0.15) is 24.3 Å². The van der Waals surface area contributed by atoms with E-state index in [1.807, 2.05) is 6.08 Å². The predicted octanol–water partition coefficient (Wildman–Crippen LogP) is 2.73. The van der Waals surface area contributed by atoms with E-state index in [1.54, 1.807) is 12.1 Å². The molecule has 0 radical (unpaired) electrons. The monoisotopic (exact) mass is 540 g/mol. The Morgan fingerprint density at radius 2 is 1.72 bits per heavy atom. The summed E-state index contributed by atoms with van der Waals surface area (Å²) in [6, 6.07) is 6.23. The van der Waals surface area contributed by atoms with Crippen molar-refractivity contribution in [1.82, 2.24) is 9.80 Å². The Labute approximate surface area is 202 Å². The summed E-state index contributed by atoms with van der Waals surface area (Å²) >= 11 is 17.3. The molecule has 4 amide bonds. The van der Waals surface area contributed by atoms with Gasteiger partial charge < -0.3 is 5.11 Å². The van der Waals surface area contributed by atoms with Gasteiger partial charge >= 0.3 is 0 Å². The number of carbonyl (C=O) groups excluding carboxylic acids is 4. The second-order valence-corrected chi connectivity index (χ2v) is 10.6. The summed E-state index contributed by atoms with van der Waals surface area (Å²) in [6.07, 6.45) is 2.19. The van der Waals surface area contributed by atoms with Gasteiger partial charge in [0.05, 0.1) is 17.3 Å². The van der Waals surface area contributed by atoms with Crippen LogP contribution in [0.15, 0.2) is 35.9 Å². The molecule has 0 spiro atoms. The van der Waals surface area contributed by atoms with Crippen molar-refractivity contribution in [3.8, 4) is 5.75 Å². The van der Waals surface area contributed by atoms with Crippen LogP contribution in [0, 0.1) is 17.8 Å². The lowest BCUT2D eigenvalue weighted by Gasteiger charge is -2.50. The molecular formula is C22H19BrCl2N2O5. The lowest BCUT2D eigenvalue weighted by molar-refractivity contribution is -0.140. The number of imide groups is 2. The number of rotatable bonds is 2.